The Hall–Kier alpha value is -1.60. The molecule has 1 saturated heterocycles. The molecular weight excluding hydrogens is 407 g/mol. The predicted octanol–water partition coefficient (Wildman–Crippen LogP) is 3.81. The number of hydrogen-bond acceptors (Lipinski definition) is 3. The number of nitrogens with zero attached hydrogens (tertiary/aromatic N) is 2. The second kappa shape index (κ2) is 8.61. The first-order valence-electron chi connectivity index (χ1n) is 8.64. The Balaban J connectivity index is 1.90. The van der Waals surface area contributed by atoms with Crippen molar-refractivity contribution in [2.75, 3.05) is 19.6 Å². The van der Waals surface area contributed by atoms with Crippen LogP contribution in [0.2, 0.25) is 10.0 Å². The van der Waals surface area contributed by atoms with Crippen molar-refractivity contribution >= 4 is 39.1 Å². The highest BCUT2D eigenvalue weighted by Gasteiger charge is 2.29. The van der Waals surface area contributed by atoms with Crippen LogP contribution in [0.5, 0.6) is 0 Å². The molecule has 144 valence electrons. The Morgan fingerprint density at radius 2 is 1.67 bits per heavy atom. The second-order valence-corrected chi connectivity index (χ2v) is 9.26. The molecule has 0 N–H and O–H groups in total. The van der Waals surface area contributed by atoms with E-state index in [0.29, 0.717) is 28.7 Å². The maximum absolute atomic E-state index is 13.2. The third-order valence-corrected chi connectivity index (χ3v) is 6.76. The first-order valence-corrected chi connectivity index (χ1v) is 10.8. The molecule has 0 radical (unpaired) electrons. The van der Waals surface area contributed by atoms with Crippen molar-refractivity contribution in [3.8, 4) is 0 Å². The second-order valence-electron chi connectivity index (χ2n) is 6.44. The SMILES string of the molecule is O=C(CN(Cc1cccc(Cl)c1)S(=O)(=O)c1ccc(Cl)cc1)N1CCCC1. The number of amides is 1. The number of carbonyl (C=O) groups is 1. The van der Waals surface area contributed by atoms with Crippen molar-refractivity contribution in [1.82, 2.24) is 9.21 Å². The molecule has 0 aliphatic carbocycles. The number of likely N-dealkylation sites (tertiary alicyclic amines) is 1. The number of carbonyl (C=O) groups excluding carboxylic acids is 1. The smallest absolute Gasteiger partial charge is 0.243 e. The lowest BCUT2D eigenvalue weighted by molar-refractivity contribution is -0.130. The molecule has 2 aromatic carbocycles. The summed E-state index contributed by atoms with van der Waals surface area (Å²) >= 11 is 11.9. The molecule has 8 heteroatoms. The molecule has 1 amide bonds. The van der Waals surface area contributed by atoms with E-state index in [-0.39, 0.29) is 23.9 Å². The molecule has 0 saturated carbocycles. The average Bonchev–Trinajstić information content (AvgIpc) is 3.16. The number of sulfonamides is 1. The maximum atomic E-state index is 13.2. The molecule has 3 rings (SSSR count). The highest BCUT2D eigenvalue weighted by atomic mass is 35.5. The van der Waals surface area contributed by atoms with Crippen LogP contribution in [0, 0.1) is 0 Å². The zero-order valence-electron chi connectivity index (χ0n) is 14.6. The van der Waals surface area contributed by atoms with E-state index in [0.717, 1.165) is 12.8 Å². The molecule has 0 bridgehead atoms. The van der Waals surface area contributed by atoms with Crippen molar-refractivity contribution in [3.05, 3.63) is 64.1 Å². The summed E-state index contributed by atoms with van der Waals surface area (Å²) in [5, 5.41) is 0.964. The van der Waals surface area contributed by atoms with Crippen LogP contribution in [-0.2, 0) is 21.4 Å². The van der Waals surface area contributed by atoms with Crippen LogP contribution in [0.3, 0.4) is 0 Å². The lowest BCUT2D eigenvalue weighted by Crippen LogP contribution is -2.41. The molecule has 27 heavy (non-hydrogen) atoms. The van der Waals surface area contributed by atoms with Crippen LogP contribution < -0.4 is 0 Å². The highest BCUT2D eigenvalue weighted by molar-refractivity contribution is 7.89. The van der Waals surface area contributed by atoms with Crippen LogP contribution in [0.15, 0.2) is 53.4 Å². The Morgan fingerprint density at radius 1 is 1.00 bits per heavy atom. The summed E-state index contributed by atoms with van der Waals surface area (Å²) in [4.78, 5) is 14.4. The topological polar surface area (TPSA) is 57.7 Å². The quantitative estimate of drug-likeness (QED) is 0.705. The van der Waals surface area contributed by atoms with Gasteiger partial charge in [0.15, 0.2) is 0 Å². The molecule has 2 aromatic rings. The molecule has 0 atom stereocenters. The Labute approximate surface area is 169 Å². The van der Waals surface area contributed by atoms with Crippen LogP contribution in [0.1, 0.15) is 18.4 Å². The Bertz CT molecular complexity index is 911. The molecule has 0 spiro atoms. The molecule has 5 nitrogen and oxygen atoms in total. The van der Waals surface area contributed by atoms with Gasteiger partial charge in [0.25, 0.3) is 0 Å². The summed E-state index contributed by atoms with van der Waals surface area (Å²) in [5.74, 6) is -0.188. The van der Waals surface area contributed by atoms with Crippen molar-refractivity contribution in [3.63, 3.8) is 0 Å². The number of rotatable bonds is 6. The van der Waals surface area contributed by atoms with Gasteiger partial charge >= 0.3 is 0 Å². The van der Waals surface area contributed by atoms with E-state index in [1.165, 1.54) is 28.6 Å². The van der Waals surface area contributed by atoms with Gasteiger partial charge in [-0.3, -0.25) is 4.79 Å². The minimum absolute atomic E-state index is 0.0606. The molecule has 1 heterocycles. The van der Waals surface area contributed by atoms with Crippen molar-refractivity contribution in [2.24, 2.45) is 0 Å². The minimum atomic E-state index is -3.87. The molecule has 1 fully saturated rings. The number of hydrogen-bond donors (Lipinski definition) is 0. The summed E-state index contributed by atoms with van der Waals surface area (Å²) in [6, 6.07) is 12.9. The van der Waals surface area contributed by atoms with Crippen LogP contribution >= 0.6 is 23.2 Å². The highest BCUT2D eigenvalue weighted by Crippen LogP contribution is 2.22. The summed E-state index contributed by atoms with van der Waals surface area (Å²) < 4.78 is 27.5. The third kappa shape index (κ3) is 5.02. The first kappa shape index (κ1) is 20.1. The fraction of sp³-hybridized carbons (Fsp3) is 0.316. The number of halogens is 2. The van der Waals surface area contributed by atoms with Gasteiger partial charge in [0, 0.05) is 29.7 Å². The molecule has 0 aromatic heterocycles. The first-order chi connectivity index (χ1) is 12.9. The van der Waals surface area contributed by atoms with Crippen LogP contribution in [-0.4, -0.2) is 43.2 Å². The monoisotopic (exact) mass is 426 g/mol. The van der Waals surface area contributed by atoms with Gasteiger partial charge in [-0.2, -0.15) is 4.31 Å². The summed E-state index contributed by atoms with van der Waals surface area (Å²) in [7, 11) is -3.87. The zero-order chi connectivity index (χ0) is 19.4. The largest absolute Gasteiger partial charge is 0.342 e. The average molecular weight is 427 g/mol. The fourth-order valence-electron chi connectivity index (χ4n) is 3.04. The minimum Gasteiger partial charge on any atom is -0.342 e. The Morgan fingerprint density at radius 3 is 2.30 bits per heavy atom. The van der Waals surface area contributed by atoms with E-state index in [1.54, 1.807) is 29.2 Å². The van der Waals surface area contributed by atoms with E-state index >= 15 is 0 Å². The summed E-state index contributed by atoms with van der Waals surface area (Å²) in [6.07, 6.45) is 1.90. The normalized spacial score (nSPS) is 14.7. The van der Waals surface area contributed by atoms with E-state index in [4.69, 9.17) is 23.2 Å². The van der Waals surface area contributed by atoms with E-state index in [1.807, 2.05) is 0 Å². The predicted molar refractivity (Wildman–Crippen MR) is 106 cm³/mol. The van der Waals surface area contributed by atoms with E-state index < -0.39 is 10.0 Å². The third-order valence-electron chi connectivity index (χ3n) is 4.47. The van der Waals surface area contributed by atoms with E-state index in [2.05, 4.69) is 0 Å². The van der Waals surface area contributed by atoms with Gasteiger partial charge in [0.1, 0.15) is 0 Å². The van der Waals surface area contributed by atoms with Gasteiger partial charge < -0.3 is 4.90 Å². The summed E-state index contributed by atoms with van der Waals surface area (Å²) in [5.41, 5.74) is 0.717. The van der Waals surface area contributed by atoms with Crippen molar-refractivity contribution in [2.45, 2.75) is 24.3 Å². The van der Waals surface area contributed by atoms with Gasteiger partial charge in [-0.15, -0.1) is 0 Å². The maximum Gasteiger partial charge on any atom is 0.243 e. The Kier molecular flexibility index (Phi) is 6.42. The molecular formula is C19H20Cl2N2O3S. The summed E-state index contributed by atoms with van der Waals surface area (Å²) in [6.45, 7) is 1.19. The van der Waals surface area contributed by atoms with Gasteiger partial charge in [0.05, 0.1) is 11.4 Å². The zero-order valence-corrected chi connectivity index (χ0v) is 17.0. The van der Waals surface area contributed by atoms with Crippen molar-refractivity contribution < 1.29 is 13.2 Å². The number of benzene rings is 2. The van der Waals surface area contributed by atoms with Gasteiger partial charge in [-0.25, -0.2) is 8.42 Å². The van der Waals surface area contributed by atoms with Crippen LogP contribution in [0.4, 0.5) is 0 Å². The van der Waals surface area contributed by atoms with E-state index in [9.17, 15) is 13.2 Å². The van der Waals surface area contributed by atoms with Gasteiger partial charge in [0.2, 0.25) is 15.9 Å². The lowest BCUT2D eigenvalue weighted by atomic mass is 10.2. The molecule has 1 aliphatic rings. The van der Waals surface area contributed by atoms with Crippen LogP contribution in [0.25, 0.3) is 0 Å². The molecule has 1 aliphatic heterocycles. The van der Waals surface area contributed by atoms with Gasteiger partial charge in [-0.1, -0.05) is 35.3 Å². The fourth-order valence-corrected chi connectivity index (χ4v) is 4.75. The van der Waals surface area contributed by atoms with Gasteiger partial charge in [-0.05, 0) is 54.8 Å². The standard InChI is InChI=1S/C19H20Cl2N2O3S/c20-16-6-8-18(9-7-16)27(25,26)23(13-15-4-3-5-17(21)12-15)14-19(24)22-10-1-2-11-22/h3-9,12H,1-2,10-11,13-14H2. The van der Waals surface area contributed by atoms with Crippen molar-refractivity contribution in [1.29, 1.82) is 0 Å². The lowest BCUT2D eigenvalue weighted by Gasteiger charge is -2.25. The molecule has 0 unspecified atom stereocenters.